The van der Waals surface area contributed by atoms with Crippen molar-refractivity contribution in [3.05, 3.63) is 11.5 Å². The standard InChI is InChI=1S/C15H23ClN4/c1-5-11-6-7-12(9(11)2)20-13(8-16)17-14-10(3)18-19(4)15(14)20/h9,11-12H,5-8H2,1-4H3. The minimum atomic E-state index is 0.466. The lowest BCUT2D eigenvalue weighted by molar-refractivity contribution is 0.328. The molecule has 0 saturated heterocycles. The maximum atomic E-state index is 6.15. The summed E-state index contributed by atoms with van der Waals surface area (Å²) in [6.45, 7) is 6.69. The highest BCUT2D eigenvalue weighted by Gasteiger charge is 2.35. The lowest BCUT2D eigenvalue weighted by Crippen LogP contribution is -2.18. The molecule has 2 aromatic rings. The van der Waals surface area contributed by atoms with Crippen LogP contribution in [0.1, 0.15) is 50.7 Å². The molecule has 0 spiro atoms. The van der Waals surface area contributed by atoms with Gasteiger partial charge in [0.1, 0.15) is 11.3 Å². The summed E-state index contributed by atoms with van der Waals surface area (Å²) in [5, 5.41) is 4.51. The maximum absolute atomic E-state index is 6.15. The van der Waals surface area contributed by atoms with E-state index in [0.717, 1.165) is 28.6 Å². The number of rotatable bonds is 3. The lowest BCUT2D eigenvalue weighted by Gasteiger charge is -2.23. The smallest absolute Gasteiger partial charge is 0.158 e. The Morgan fingerprint density at radius 1 is 1.35 bits per heavy atom. The molecule has 0 aromatic carbocycles. The summed E-state index contributed by atoms with van der Waals surface area (Å²) < 4.78 is 4.32. The fraction of sp³-hybridized carbons (Fsp3) is 0.733. The minimum Gasteiger partial charge on any atom is -0.308 e. The Morgan fingerprint density at radius 2 is 2.10 bits per heavy atom. The Morgan fingerprint density at radius 3 is 2.70 bits per heavy atom. The van der Waals surface area contributed by atoms with Crippen molar-refractivity contribution >= 4 is 22.8 Å². The molecule has 2 heterocycles. The molecule has 0 N–H and O–H groups in total. The van der Waals surface area contributed by atoms with E-state index in [0.29, 0.717) is 17.8 Å². The summed E-state index contributed by atoms with van der Waals surface area (Å²) >= 11 is 6.15. The Hall–Kier alpha value is -1.03. The van der Waals surface area contributed by atoms with Crippen LogP contribution >= 0.6 is 11.6 Å². The first-order valence-electron chi connectivity index (χ1n) is 7.54. The van der Waals surface area contributed by atoms with E-state index in [9.17, 15) is 0 Å². The van der Waals surface area contributed by atoms with E-state index < -0.39 is 0 Å². The van der Waals surface area contributed by atoms with E-state index in [-0.39, 0.29) is 0 Å². The second-order valence-electron chi connectivity index (χ2n) is 6.09. The number of imidazole rings is 1. The summed E-state index contributed by atoms with van der Waals surface area (Å²) in [5.41, 5.74) is 3.13. The van der Waals surface area contributed by atoms with Gasteiger partial charge in [0.2, 0.25) is 0 Å². The number of aryl methyl sites for hydroxylation is 2. The average Bonchev–Trinajstić information content (AvgIpc) is 3.05. The largest absolute Gasteiger partial charge is 0.308 e. The molecule has 0 aliphatic heterocycles. The molecule has 0 radical (unpaired) electrons. The SMILES string of the molecule is CCC1CCC(n2c(CCl)nc3c(C)nn(C)c32)C1C. The van der Waals surface area contributed by atoms with Gasteiger partial charge in [0, 0.05) is 13.1 Å². The lowest BCUT2D eigenvalue weighted by atomic mass is 9.93. The van der Waals surface area contributed by atoms with E-state index in [1.807, 2.05) is 18.7 Å². The van der Waals surface area contributed by atoms with E-state index in [1.165, 1.54) is 19.3 Å². The summed E-state index contributed by atoms with van der Waals surface area (Å²) in [5.74, 6) is 2.95. The molecule has 110 valence electrons. The van der Waals surface area contributed by atoms with Gasteiger partial charge < -0.3 is 4.57 Å². The zero-order chi connectivity index (χ0) is 14.4. The molecule has 3 unspecified atom stereocenters. The molecule has 5 heteroatoms. The highest BCUT2D eigenvalue weighted by atomic mass is 35.5. The summed E-state index contributed by atoms with van der Waals surface area (Å²) in [6.07, 6.45) is 3.79. The van der Waals surface area contributed by atoms with Crippen LogP contribution in [-0.4, -0.2) is 19.3 Å². The van der Waals surface area contributed by atoms with Gasteiger partial charge in [-0.25, -0.2) is 4.98 Å². The summed E-state index contributed by atoms with van der Waals surface area (Å²) in [6, 6.07) is 0.508. The first kappa shape index (κ1) is 13.9. The molecule has 1 saturated carbocycles. The van der Waals surface area contributed by atoms with Gasteiger partial charge in [-0.05, 0) is 31.6 Å². The third-order valence-corrected chi connectivity index (χ3v) is 5.31. The van der Waals surface area contributed by atoms with Crippen molar-refractivity contribution in [2.45, 2.75) is 52.0 Å². The van der Waals surface area contributed by atoms with Gasteiger partial charge in [-0.1, -0.05) is 20.3 Å². The molecule has 1 aliphatic carbocycles. The van der Waals surface area contributed by atoms with Crippen LogP contribution in [0.3, 0.4) is 0 Å². The van der Waals surface area contributed by atoms with Gasteiger partial charge >= 0.3 is 0 Å². The highest BCUT2D eigenvalue weighted by Crippen LogP contribution is 2.43. The molecule has 1 aliphatic rings. The maximum Gasteiger partial charge on any atom is 0.158 e. The Bertz CT molecular complexity index is 627. The second kappa shape index (κ2) is 5.06. The zero-order valence-corrected chi connectivity index (χ0v) is 13.5. The fourth-order valence-electron chi connectivity index (χ4n) is 3.95. The van der Waals surface area contributed by atoms with Crippen molar-refractivity contribution in [1.82, 2.24) is 19.3 Å². The number of hydrogen-bond acceptors (Lipinski definition) is 2. The molecular formula is C15H23ClN4. The van der Waals surface area contributed by atoms with Crippen LogP contribution in [0.15, 0.2) is 0 Å². The molecule has 20 heavy (non-hydrogen) atoms. The third kappa shape index (κ3) is 1.88. The molecule has 0 amide bonds. The summed E-state index contributed by atoms with van der Waals surface area (Å²) in [7, 11) is 2.00. The molecule has 0 bridgehead atoms. The van der Waals surface area contributed by atoms with E-state index in [4.69, 9.17) is 16.6 Å². The predicted molar refractivity (Wildman–Crippen MR) is 82.0 cm³/mol. The number of fused-ring (bicyclic) bond motifs is 1. The number of halogens is 1. The number of alkyl halides is 1. The van der Waals surface area contributed by atoms with E-state index in [2.05, 4.69) is 23.5 Å². The van der Waals surface area contributed by atoms with Gasteiger partial charge in [0.05, 0.1) is 11.6 Å². The van der Waals surface area contributed by atoms with E-state index >= 15 is 0 Å². The normalized spacial score (nSPS) is 26.8. The summed E-state index contributed by atoms with van der Waals surface area (Å²) in [4.78, 5) is 4.73. The Balaban J connectivity index is 2.15. The van der Waals surface area contributed by atoms with Crippen molar-refractivity contribution < 1.29 is 0 Å². The van der Waals surface area contributed by atoms with Crippen LogP contribution < -0.4 is 0 Å². The minimum absolute atomic E-state index is 0.466. The quantitative estimate of drug-likeness (QED) is 0.807. The van der Waals surface area contributed by atoms with Crippen molar-refractivity contribution in [2.75, 3.05) is 0 Å². The first-order chi connectivity index (χ1) is 9.58. The fourth-order valence-corrected chi connectivity index (χ4v) is 4.14. The first-order valence-corrected chi connectivity index (χ1v) is 8.08. The van der Waals surface area contributed by atoms with Crippen LogP contribution in [0.4, 0.5) is 0 Å². The monoisotopic (exact) mass is 294 g/mol. The molecule has 2 aromatic heterocycles. The van der Waals surface area contributed by atoms with Gasteiger partial charge in [0.25, 0.3) is 0 Å². The van der Waals surface area contributed by atoms with Crippen LogP contribution in [0, 0.1) is 18.8 Å². The zero-order valence-electron chi connectivity index (χ0n) is 12.7. The second-order valence-corrected chi connectivity index (χ2v) is 6.35. The Labute approximate surface area is 125 Å². The van der Waals surface area contributed by atoms with Gasteiger partial charge in [-0.3, -0.25) is 4.68 Å². The molecule has 3 rings (SSSR count). The van der Waals surface area contributed by atoms with Crippen molar-refractivity contribution in [3.8, 4) is 0 Å². The number of hydrogen-bond donors (Lipinski definition) is 0. The molecule has 4 nitrogen and oxygen atoms in total. The average molecular weight is 295 g/mol. The van der Waals surface area contributed by atoms with Crippen LogP contribution in [0.2, 0.25) is 0 Å². The van der Waals surface area contributed by atoms with Crippen molar-refractivity contribution in [2.24, 2.45) is 18.9 Å². The Kier molecular flexibility index (Phi) is 3.53. The number of aromatic nitrogens is 4. The molecule has 3 atom stereocenters. The van der Waals surface area contributed by atoms with Gasteiger partial charge in [0.15, 0.2) is 5.65 Å². The van der Waals surface area contributed by atoms with Crippen LogP contribution in [0.25, 0.3) is 11.2 Å². The number of nitrogens with zero attached hydrogens (tertiary/aromatic N) is 4. The van der Waals surface area contributed by atoms with E-state index in [1.54, 1.807) is 0 Å². The van der Waals surface area contributed by atoms with Crippen molar-refractivity contribution in [1.29, 1.82) is 0 Å². The van der Waals surface area contributed by atoms with Gasteiger partial charge in [-0.15, -0.1) is 11.6 Å². The van der Waals surface area contributed by atoms with Crippen LogP contribution in [-0.2, 0) is 12.9 Å². The third-order valence-electron chi connectivity index (χ3n) is 5.07. The predicted octanol–water partition coefficient (Wildman–Crippen LogP) is 3.81. The van der Waals surface area contributed by atoms with Crippen LogP contribution in [0.5, 0.6) is 0 Å². The van der Waals surface area contributed by atoms with Gasteiger partial charge in [-0.2, -0.15) is 5.10 Å². The topological polar surface area (TPSA) is 35.6 Å². The highest BCUT2D eigenvalue weighted by molar-refractivity contribution is 6.16. The molecular weight excluding hydrogens is 272 g/mol. The van der Waals surface area contributed by atoms with Crippen molar-refractivity contribution in [3.63, 3.8) is 0 Å². The molecule has 1 fully saturated rings.